The van der Waals surface area contributed by atoms with Gasteiger partial charge in [0.15, 0.2) is 0 Å². The third kappa shape index (κ3) is 5.58. The number of amides is 3. The van der Waals surface area contributed by atoms with E-state index in [4.69, 9.17) is 0 Å². The van der Waals surface area contributed by atoms with E-state index in [0.717, 1.165) is 19.3 Å². The van der Waals surface area contributed by atoms with Crippen LogP contribution in [0.1, 0.15) is 39.0 Å². The number of rotatable bonds is 5. The molecular weight excluding hydrogens is 206 g/mol. The Morgan fingerprint density at radius 3 is 2.38 bits per heavy atom. The predicted molar refractivity (Wildman–Crippen MR) is 62.1 cm³/mol. The van der Waals surface area contributed by atoms with Gasteiger partial charge in [0, 0.05) is 26.1 Å². The average Bonchev–Trinajstić information content (AvgIpc) is 2.69. The number of carbonyl (C=O) groups excluding carboxylic acids is 2. The molecule has 0 radical (unpaired) electrons. The lowest BCUT2D eigenvalue weighted by Gasteiger charge is -2.12. The normalized spacial score (nSPS) is 15.8. The minimum absolute atomic E-state index is 0.0320. The molecule has 0 bridgehead atoms. The quantitative estimate of drug-likeness (QED) is 0.607. The molecule has 0 aliphatic heterocycles. The summed E-state index contributed by atoms with van der Waals surface area (Å²) in [5.41, 5.74) is 0. The van der Waals surface area contributed by atoms with Crippen LogP contribution in [-0.2, 0) is 4.79 Å². The lowest BCUT2D eigenvalue weighted by molar-refractivity contribution is -0.118. The summed E-state index contributed by atoms with van der Waals surface area (Å²) >= 11 is 0. The molecule has 0 aromatic carbocycles. The summed E-state index contributed by atoms with van der Waals surface area (Å²) in [5.74, 6) is -0.0320. The van der Waals surface area contributed by atoms with Crippen molar-refractivity contribution in [2.75, 3.05) is 13.1 Å². The standard InChI is InChI=1S/C11H21N3O2/c1-9(15)12-7-4-8-13-11(16)14-10-5-2-3-6-10/h10H,2-8H2,1H3,(H,12,15)(H2,13,14,16). The van der Waals surface area contributed by atoms with E-state index in [2.05, 4.69) is 16.0 Å². The lowest BCUT2D eigenvalue weighted by Crippen LogP contribution is -2.41. The zero-order chi connectivity index (χ0) is 11.8. The number of hydrogen-bond acceptors (Lipinski definition) is 2. The molecule has 1 fully saturated rings. The van der Waals surface area contributed by atoms with Crippen molar-refractivity contribution in [2.24, 2.45) is 0 Å². The fourth-order valence-electron chi connectivity index (χ4n) is 1.86. The van der Waals surface area contributed by atoms with Gasteiger partial charge in [0.05, 0.1) is 0 Å². The van der Waals surface area contributed by atoms with Gasteiger partial charge in [0.2, 0.25) is 5.91 Å². The van der Waals surface area contributed by atoms with E-state index in [-0.39, 0.29) is 11.9 Å². The molecule has 0 heterocycles. The van der Waals surface area contributed by atoms with E-state index in [1.165, 1.54) is 19.8 Å². The highest BCUT2D eigenvalue weighted by molar-refractivity contribution is 5.74. The maximum absolute atomic E-state index is 11.4. The third-order valence-corrected chi connectivity index (χ3v) is 2.70. The largest absolute Gasteiger partial charge is 0.356 e. The molecular formula is C11H21N3O2. The van der Waals surface area contributed by atoms with Gasteiger partial charge >= 0.3 is 6.03 Å². The second-order valence-electron chi connectivity index (χ2n) is 4.22. The van der Waals surface area contributed by atoms with Crippen molar-refractivity contribution in [1.82, 2.24) is 16.0 Å². The first kappa shape index (κ1) is 12.8. The SMILES string of the molecule is CC(=O)NCCCNC(=O)NC1CCCC1. The zero-order valence-electron chi connectivity index (χ0n) is 9.84. The van der Waals surface area contributed by atoms with Gasteiger partial charge in [-0.1, -0.05) is 12.8 Å². The van der Waals surface area contributed by atoms with Crippen LogP contribution in [0.2, 0.25) is 0 Å². The van der Waals surface area contributed by atoms with Crippen LogP contribution in [0.3, 0.4) is 0 Å². The Kier molecular flexibility index (Phi) is 5.67. The summed E-state index contributed by atoms with van der Waals surface area (Å²) in [4.78, 5) is 21.9. The van der Waals surface area contributed by atoms with Crippen LogP contribution < -0.4 is 16.0 Å². The van der Waals surface area contributed by atoms with Crippen molar-refractivity contribution >= 4 is 11.9 Å². The maximum Gasteiger partial charge on any atom is 0.315 e. The van der Waals surface area contributed by atoms with Gasteiger partial charge in [-0.25, -0.2) is 4.79 Å². The van der Waals surface area contributed by atoms with Gasteiger partial charge in [-0.2, -0.15) is 0 Å². The van der Waals surface area contributed by atoms with Crippen LogP contribution in [0.4, 0.5) is 4.79 Å². The highest BCUT2D eigenvalue weighted by atomic mass is 16.2. The lowest BCUT2D eigenvalue weighted by atomic mass is 10.2. The molecule has 1 aliphatic rings. The smallest absolute Gasteiger partial charge is 0.315 e. The molecule has 0 saturated heterocycles. The maximum atomic E-state index is 11.4. The molecule has 0 aromatic rings. The van der Waals surface area contributed by atoms with E-state index < -0.39 is 0 Å². The van der Waals surface area contributed by atoms with Crippen molar-refractivity contribution in [1.29, 1.82) is 0 Å². The first-order chi connectivity index (χ1) is 7.68. The van der Waals surface area contributed by atoms with Gasteiger partial charge in [0.25, 0.3) is 0 Å². The molecule has 5 nitrogen and oxygen atoms in total. The van der Waals surface area contributed by atoms with Crippen LogP contribution in [0.5, 0.6) is 0 Å². The Morgan fingerprint density at radius 2 is 1.75 bits per heavy atom. The molecule has 5 heteroatoms. The van der Waals surface area contributed by atoms with Gasteiger partial charge in [-0.05, 0) is 19.3 Å². The minimum atomic E-state index is -0.0882. The van der Waals surface area contributed by atoms with Crippen LogP contribution >= 0.6 is 0 Å². The van der Waals surface area contributed by atoms with E-state index in [0.29, 0.717) is 19.1 Å². The number of hydrogen-bond donors (Lipinski definition) is 3. The molecule has 1 saturated carbocycles. The van der Waals surface area contributed by atoms with E-state index in [1.54, 1.807) is 0 Å². The molecule has 1 rings (SSSR count). The molecule has 0 atom stereocenters. The van der Waals surface area contributed by atoms with E-state index in [9.17, 15) is 9.59 Å². The topological polar surface area (TPSA) is 70.2 Å². The molecule has 16 heavy (non-hydrogen) atoms. The van der Waals surface area contributed by atoms with Crippen molar-refractivity contribution in [3.8, 4) is 0 Å². The van der Waals surface area contributed by atoms with Crippen molar-refractivity contribution in [2.45, 2.75) is 45.1 Å². The van der Waals surface area contributed by atoms with Crippen LogP contribution in [0, 0.1) is 0 Å². The highest BCUT2D eigenvalue weighted by Crippen LogP contribution is 2.17. The Bertz CT molecular complexity index is 237. The monoisotopic (exact) mass is 227 g/mol. The van der Waals surface area contributed by atoms with E-state index >= 15 is 0 Å². The summed E-state index contributed by atoms with van der Waals surface area (Å²) in [6, 6.07) is 0.269. The first-order valence-electron chi connectivity index (χ1n) is 5.97. The second kappa shape index (κ2) is 7.09. The first-order valence-corrected chi connectivity index (χ1v) is 5.97. The van der Waals surface area contributed by atoms with Crippen LogP contribution in [0.15, 0.2) is 0 Å². The fourth-order valence-corrected chi connectivity index (χ4v) is 1.86. The van der Waals surface area contributed by atoms with Gasteiger partial charge in [0.1, 0.15) is 0 Å². The molecule has 3 N–H and O–H groups in total. The van der Waals surface area contributed by atoms with Crippen molar-refractivity contribution in [3.63, 3.8) is 0 Å². The van der Waals surface area contributed by atoms with Crippen LogP contribution in [-0.4, -0.2) is 31.1 Å². The van der Waals surface area contributed by atoms with Crippen molar-refractivity contribution in [3.05, 3.63) is 0 Å². The Morgan fingerprint density at radius 1 is 1.12 bits per heavy atom. The Labute approximate surface area is 96.4 Å². The zero-order valence-corrected chi connectivity index (χ0v) is 9.84. The summed E-state index contributed by atoms with van der Waals surface area (Å²) in [5, 5.41) is 8.40. The van der Waals surface area contributed by atoms with Gasteiger partial charge in [-0.15, -0.1) is 0 Å². The summed E-state index contributed by atoms with van der Waals surface area (Å²) in [6.45, 7) is 2.69. The fraction of sp³-hybridized carbons (Fsp3) is 0.818. The van der Waals surface area contributed by atoms with Gasteiger partial charge < -0.3 is 16.0 Å². The Hall–Kier alpha value is -1.26. The number of nitrogens with one attached hydrogen (secondary N) is 3. The average molecular weight is 227 g/mol. The minimum Gasteiger partial charge on any atom is -0.356 e. The van der Waals surface area contributed by atoms with Crippen LogP contribution in [0.25, 0.3) is 0 Å². The van der Waals surface area contributed by atoms with Crippen molar-refractivity contribution < 1.29 is 9.59 Å². The molecule has 1 aliphatic carbocycles. The molecule has 0 unspecified atom stereocenters. The molecule has 0 aromatic heterocycles. The molecule has 3 amide bonds. The molecule has 0 spiro atoms. The molecule has 92 valence electrons. The summed E-state index contributed by atoms with van der Waals surface area (Å²) in [6.07, 6.45) is 5.39. The number of urea groups is 1. The Balaban J connectivity index is 1.95. The predicted octanol–water partition coefficient (Wildman–Crippen LogP) is 0.754. The summed E-state index contributed by atoms with van der Waals surface area (Å²) < 4.78 is 0. The number of carbonyl (C=O) groups is 2. The third-order valence-electron chi connectivity index (χ3n) is 2.70. The van der Waals surface area contributed by atoms with Gasteiger partial charge in [-0.3, -0.25) is 4.79 Å². The second-order valence-corrected chi connectivity index (χ2v) is 4.22. The van der Waals surface area contributed by atoms with E-state index in [1.807, 2.05) is 0 Å². The summed E-state index contributed by atoms with van der Waals surface area (Å²) in [7, 11) is 0. The highest BCUT2D eigenvalue weighted by Gasteiger charge is 2.16.